The van der Waals surface area contributed by atoms with Crippen LogP contribution in [0.2, 0.25) is 0 Å². The summed E-state index contributed by atoms with van der Waals surface area (Å²) < 4.78 is 26.4. The van der Waals surface area contributed by atoms with Crippen molar-refractivity contribution in [3.63, 3.8) is 0 Å². The van der Waals surface area contributed by atoms with Crippen molar-refractivity contribution < 1.29 is 18.4 Å². The Morgan fingerprint density at radius 2 is 1.75 bits per heavy atom. The van der Waals surface area contributed by atoms with Gasteiger partial charge in [0.15, 0.2) is 0 Å². The van der Waals surface area contributed by atoms with Crippen LogP contribution in [0.4, 0.5) is 8.78 Å². The second kappa shape index (κ2) is 4.85. The van der Waals surface area contributed by atoms with Crippen molar-refractivity contribution in [3.05, 3.63) is 35.4 Å². The Bertz CT molecular complexity index is 552. The van der Waals surface area contributed by atoms with E-state index < -0.39 is 23.2 Å². The first-order valence-corrected chi connectivity index (χ1v) is 6.29. The molecule has 0 bridgehead atoms. The summed E-state index contributed by atoms with van der Waals surface area (Å²) in [5.74, 6) is -1.98. The molecule has 2 rings (SSSR count). The highest BCUT2D eigenvalue weighted by Crippen LogP contribution is 2.21. The summed E-state index contributed by atoms with van der Waals surface area (Å²) in [6, 6.07) is 2.40. The topological polar surface area (TPSA) is 49.4 Å². The highest BCUT2D eigenvalue weighted by atomic mass is 19.1. The average Bonchev–Trinajstić information content (AvgIpc) is 2.31. The van der Waals surface area contributed by atoms with Gasteiger partial charge in [0.25, 0.3) is 0 Å². The van der Waals surface area contributed by atoms with Gasteiger partial charge in [0.2, 0.25) is 11.8 Å². The number of carbonyl (C=O) groups excluding carboxylic acids is 2. The van der Waals surface area contributed by atoms with Gasteiger partial charge in [-0.3, -0.25) is 9.59 Å². The Morgan fingerprint density at radius 1 is 1.20 bits per heavy atom. The number of nitrogens with one attached hydrogen (secondary N) is 1. The Kier molecular flexibility index (Phi) is 3.50. The van der Waals surface area contributed by atoms with E-state index in [4.69, 9.17) is 0 Å². The second-order valence-electron chi connectivity index (χ2n) is 5.50. The summed E-state index contributed by atoms with van der Waals surface area (Å²) in [4.78, 5) is 25.5. The molecule has 2 amide bonds. The van der Waals surface area contributed by atoms with Gasteiger partial charge in [-0.25, -0.2) is 8.78 Å². The van der Waals surface area contributed by atoms with Crippen LogP contribution in [0.5, 0.6) is 0 Å². The molecule has 0 radical (unpaired) electrons. The molecule has 1 heterocycles. The highest BCUT2D eigenvalue weighted by Gasteiger charge is 2.43. The number of benzene rings is 1. The number of piperazine rings is 1. The molecular weight excluding hydrogens is 266 g/mol. The maximum atomic E-state index is 13.2. The summed E-state index contributed by atoms with van der Waals surface area (Å²) in [7, 11) is 0. The molecule has 1 N–H and O–H groups in total. The fraction of sp³-hybridized carbons (Fsp3) is 0.429. The van der Waals surface area contributed by atoms with Crippen molar-refractivity contribution in [1.29, 1.82) is 0 Å². The number of halogens is 2. The van der Waals surface area contributed by atoms with Crippen molar-refractivity contribution in [1.82, 2.24) is 10.2 Å². The first-order chi connectivity index (χ1) is 9.20. The predicted octanol–water partition coefficient (Wildman–Crippen LogP) is 1.59. The van der Waals surface area contributed by atoms with E-state index >= 15 is 0 Å². The summed E-state index contributed by atoms with van der Waals surface area (Å²) in [6.45, 7) is 4.76. The van der Waals surface area contributed by atoms with Gasteiger partial charge >= 0.3 is 0 Å². The number of rotatable bonds is 2. The highest BCUT2D eigenvalue weighted by molar-refractivity contribution is 5.99. The van der Waals surface area contributed by atoms with Crippen molar-refractivity contribution in [2.75, 3.05) is 0 Å². The first-order valence-electron chi connectivity index (χ1n) is 6.29. The quantitative estimate of drug-likeness (QED) is 0.895. The SMILES string of the molecule is CC1C(=O)NC(C)(C)C(=O)N1Cc1cc(F)cc(F)c1. The number of carbonyl (C=O) groups is 2. The van der Waals surface area contributed by atoms with E-state index in [1.807, 2.05) is 0 Å². The summed E-state index contributed by atoms with van der Waals surface area (Å²) in [6.07, 6.45) is 0. The summed E-state index contributed by atoms with van der Waals surface area (Å²) in [5, 5.41) is 2.62. The van der Waals surface area contributed by atoms with Crippen LogP contribution in [0.15, 0.2) is 18.2 Å². The van der Waals surface area contributed by atoms with Crippen LogP contribution in [0.25, 0.3) is 0 Å². The zero-order valence-corrected chi connectivity index (χ0v) is 11.5. The Balaban J connectivity index is 2.30. The lowest BCUT2D eigenvalue weighted by Crippen LogP contribution is -2.66. The molecule has 20 heavy (non-hydrogen) atoms. The van der Waals surface area contributed by atoms with Crippen molar-refractivity contribution in [2.45, 2.75) is 38.9 Å². The lowest BCUT2D eigenvalue weighted by Gasteiger charge is -2.41. The predicted molar refractivity (Wildman–Crippen MR) is 68.6 cm³/mol. The molecule has 0 aliphatic carbocycles. The van der Waals surface area contributed by atoms with Crippen LogP contribution in [0.1, 0.15) is 26.3 Å². The third-order valence-electron chi connectivity index (χ3n) is 3.35. The van der Waals surface area contributed by atoms with E-state index in [9.17, 15) is 18.4 Å². The smallest absolute Gasteiger partial charge is 0.248 e. The molecule has 1 saturated heterocycles. The van der Waals surface area contributed by atoms with Gasteiger partial charge in [-0.1, -0.05) is 0 Å². The standard InChI is InChI=1S/C14H16F2N2O2/c1-8-12(19)17-14(2,3)13(20)18(8)7-9-4-10(15)6-11(16)5-9/h4-6,8H,7H2,1-3H3,(H,17,19). The molecule has 1 atom stereocenters. The van der Waals surface area contributed by atoms with Gasteiger partial charge in [0.1, 0.15) is 23.2 Å². The van der Waals surface area contributed by atoms with Crippen LogP contribution in [-0.4, -0.2) is 28.3 Å². The van der Waals surface area contributed by atoms with Crippen LogP contribution < -0.4 is 5.32 Å². The monoisotopic (exact) mass is 282 g/mol. The van der Waals surface area contributed by atoms with Crippen molar-refractivity contribution >= 4 is 11.8 Å². The average molecular weight is 282 g/mol. The van der Waals surface area contributed by atoms with E-state index in [1.165, 1.54) is 4.90 Å². The first kappa shape index (κ1) is 14.4. The van der Waals surface area contributed by atoms with Crippen molar-refractivity contribution in [2.24, 2.45) is 0 Å². The normalized spacial score (nSPS) is 21.9. The van der Waals surface area contributed by atoms with E-state index in [2.05, 4.69) is 5.32 Å². The van der Waals surface area contributed by atoms with Gasteiger partial charge < -0.3 is 10.2 Å². The molecule has 1 aliphatic heterocycles. The van der Waals surface area contributed by atoms with E-state index in [1.54, 1.807) is 20.8 Å². The van der Waals surface area contributed by atoms with E-state index in [-0.39, 0.29) is 18.4 Å². The number of hydrogen-bond donors (Lipinski definition) is 1. The maximum Gasteiger partial charge on any atom is 0.248 e. The molecular formula is C14H16F2N2O2. The number of hydrogen-bond acceptors (Lipinski definition) is 2. The minimum absolute atomic E-state index is 0.00840. The molecule has 1 aliphatic rings. The lowest BCUT2D eigenvalue weighted by molar-refractivity contribution is -0.153. The fourth-order valence-electron chi connectivity index (χ4n) is 2.25. The molecule has 0 aromatic heterocycles. The fourth-order valence-corrected chi connectivity index (χ4v) is 2.25. The third-order valence-corrected chi connectivity index (χ3v) is 3.35. The molecule has 1 fully saturated rings. The zero-order chi connectivity index (χ0) is 15.1. The lowest BCUT2D eigenvalue weighted by atomic mass is 9.97. The van der Waals surface area contributed by atoms with Gasteiger partial charge in [-0.2, -0.15) is 0 Å². The molecule has 1 aromatic carbocycles. The minimum atomic E-state index is -1.02. The second-order valence-corrected chi connectivity index (χ2v) is 5.50. The zero-order valence-electron chi connectivity index (χ0n) is 11.5. The number of amides is 2. The van der Waals surface area contributed by atoms with Crippen LogP contribution in [-0.2, 0) is 16.1 Å². The molecule has 108 valence electrons. The largest absolute Gasteiger partial charge is 0.340 e. The third kappa shape index (κ3) is 2.64. The molecule has 1 unspecified atom stereocenters. The van der Waals surface area contributed by atoms with Gasteiger partial charge in [-0.05, 0) is 38.5 Å². The molecule has 0 saturated carbocycles. The van der Waals surface area contributed by atoms with Crippen LogP contribution in [0.3, 0.4) is 0 Å². The van der Waals surface area contributed by atoms with Crippen LogP contribution in [0, 0.1) is 11.6 Å². The van der Waals surface area contributed by atoms with Gasteiger partial charge in [-0.15, -0.1) is 0 Å². The molecule has 1 aromatic rings. The maximum absolute atomic E-state index is 13.2. The minimum Gasteiger partial charge on any atom is -0.340 e. The number of nitrogens with zero attached hydrogens (tertiary/aromatic N) is 1. The van der Waals surface area contributed by atoms with Gasteiger partial charge in [0.05, 0.1) is 0 Å². The van der Waals surface area contributed by atoms with E-state index in [0.29, 0.717) is 5.56 Å². The summed E-state index contributed by atoms with van der Waals surface area (Å²) >= 11 is 0. The van der Waals surface area contributed by atoms with Crippen LogP contribution >= 0.6 is 0 Å². The Hall–Kier alpha value is -1.98. The summed E-state index contributed by atoms with van der Waals surface area (Å²) in [5.41, 5.74) is -0.705. The Labute approximate surface area is 115 Å². The van der Waals surface area contributed by atoms with Crippen molar-refractivity contribution in [3.8, 4) is 0 Å². The Morgan fingerprint density at radius 3 is 2.30 bits per heavy atom. The van der Waals surface area contributed by atoms with E-state index in [0.717, 1.165) is 18.2 Å². The van der Waals surface area contributed by atoms with Gasteiger partial charge in [0, 0.05) is 12.6 Å². The molecule has 6 heteroatoms. The molecule has 0 spiro atoms. The molecule has 4 nitrogen and oxygen atoms in total.